The van der Waals surface area contributed by atoms with Crippen molar-refractivity contribution in [2.75, 3.05) is 25.6 Å². The van der Waals surface area contributed by atoms with Crippen LogP contribution < -0.4 is 14.8 Å². The smallest absolute Gasteiger partial charge is 0.341 e. The molecule has 3 rings (SSSR count). The summed E-state index contributed by atoms with van der Waals surface area (Å²) in [6.07, 6.45) is 2.93. The predicted molar refractivity (Wildman–Crippen MR) is 134 cm³/mol. The highest BCUT2D eigenvalue weighted by Gasteiger charge is 2.23. The fourth-order valence-electron chi connectivity index (χ4n) is 3.24. The predicted octanol–water partition coefficient (Wildman–Crippen LogP) is 5.56. The van der Waals surface area contributed by atoms with E-state index in [4.69, 9.17) is 14.2 Å². The van der Waals surface area contributed by atoms with Crippen molar-refractivity contribution >= 4 is 40.0 Å². The molecule has 0 saturated heterocycles. The highest BCUT2D eigenvalue weighted by Crippen LogP contribution is 2.37. The van der Waals surface area contributed by atoms with Crippen LogP contribution >= 0.6 is 11.3 Å². The molecule has 0 aliphatic rings. The summed E-state index contributed by atoms with van der Waals surface area (Å²) in [6, 6.07) is 11.2. The Hall–Kier alpha value is -4.18. The minimum atomic E-state index is -0.634. The zero-order valence-corrected chi connectivity index (χ0v) is 20.2. The van der Waals surface area contributed by atoms with Gasteiger partial charge in [-0.25, -0.2) is 4.79 Å². The first-order valence-corrected chi connectivity index (χ1v) is 11.6. The number of esters is 1. The average molecular weight is 497 g/mol. The van der Waals surface area contributed by atoms with E-state index in [1.165, 1.54) is 31.4 Å². The van der Waals surface area contributed by atoms with Gasteiger partial charge in [-0.15, -0.1) is 11.3 Å². The number of thiophene rings is 1. The molecule has 0 aliphatic heterocycles. The summed E-state index contributed by atoms with van der Waals surface area (Å²) >= 11 is 1.13. The molecule has 182 valence electrons. The van der Waals surface area contributed by atoms with Crippen LogP contribution in [0.15, 0.2) is 53.9 Å². The number of nitro groups is 1. The second kappa shape index (κ2) is 11.8. The molecular formula is C25H24N2O7S. The molecular weight excluding hydrogens is 472 g/mol. The quantitative estimate of drug-likeness (QED) is 0.169. The third-order valence-electron chi connectivity index (χ3n) is 4.79. The number of hydrogen-bond acceptors (Lipinski definition) is 8. The number of anilines is 1. The lowest BCUT2D eigenvalue weighted by molar-refractivity contribution is -0.384. The summed E-state index contributed by atoms with van der Waals surface area (Å²) < 4.78 is 16.0. The Morgan fingerprint density at radius 3 is 2.60 bits per heavy atom. The Balaban J connectivity index is 1.87. The Kier molecular flexibility index (Phi) is 8.58. The number of carbonyl (C=O) groups excluding carboxylic acids is 2. The highest BCUT2D eigenvalue weighted by atomic mass is 32.1. The largest absolute Gasteiger partial charge is 0.493 e. The van der Waals surface area contributed by atoms with E-state index in [9.17, 15) is 19.7 Å². The van der Waals surface area contributed by atoms with Crippen molar-refractivity contribution in [1.82, 2.24) is 0 Å². The van der Waals surface area contributed by atoms with E-state index in [0.29, 0.717) is 29.2 Å². The molecule has 0 atom stereocenters. The molecule has 0 aliphatic carbocycles. The van der Waals surface area contributed by atoms with Crippen molar-refractivity contribution in [2.24, 2.45) is 0 Å². The van der Waals surface area contributed by atoms with Gasteiger partial charge in [-0.05, 0) is 43.2 Å². The van der Waals surface area contributed by atoms with Crippen LogP contribution in [0.2, 0.25) is 0 Å². The Morgan fingerprint density at radius 2 is 1.91 bits per heavy atom. The van der Waals surface area contributed by atoms with Gasteiger partial charge in [0.15, 0.2) is 11.5 Å². The molecule has 1 amide bonds. The van der Waals surface area contributed by atoms with Crippen LogP contribution in [0.1, 0.15) is 29.8 Å². The number of methoxy groups -OCH3 is 1. The number of amides is 1. The number of hydrogen-bond donors (Lipinski definition) is 1. The van der Waals surface area contributed by atoms with E-state index < -0.39 is 16.8 Å². The lowest BCUT2D eigenvalue weighted by Gasteiger charge is -2.09. The molecule has 0 bridgehead atoms. The first-order valence-electron chi connectivity index (χ1n) is 10.7. The third-order valence-corrected chi connectivity index (χ3v) is 5.69. The summed E-state index contributed by atoms with van der Waals surface area (Å²) in [5, 5.41) is 15.8. The maximum atomic E-state index is 12.7. The molecule has 9 nitrogen and oxygen atoms in total. The molecule has 0 saturated carbocycles. The minimum Gasteiger partial charge on any atom is -0.493 e. The van der Waals surface area contributed by atoms with Crippen molar-refractivity contribution < 1.29 is 28.7 Å². The SMILES string of the molecule is CCOC(=O)c1c(-c2cccc([N+](=O)[O-])c2)csc1NC(=O)C=Cc1ccc(OCC)c(OC)c1. The van der Waals surface area contributed by atoms with Gasteiger partial charge >= 0.3 is 5.97 Å². The molecule has 0 spiro atoms. The molecule has 1 N–H and O–H groups in total. The van der Waals surface area contributed by atoms with Crippen LogP contribution in [0.5, 0.6) is 11.5 Å². The lowest BCUT2D eigenvalue weighted by Crippen LogP contribution is -2.12. The third kappa shape index (κ3) is 6.24. The number of ether oxygens (including phenoxy) is 3. The fourth-order valence-corrected chi connectivity index (χ4v) is 4.20. The molecule has 1 aromatic heterocycles. The summed E-state index contributed by atoms with van der Waals surface area (Å²) in [4.78, 5) is 36.0. The zero-order chi connectivity index (χ0) is 25.4. The number of benzene rings is 2. The van der Waals surface area contributed by atoms with E-state index in [0.717, 1.165) is 16.9 Å². The van der Waals surface area contributed by atoms with Gasteiger partial charge < -0.3 is 19.5 Å². The summed E-state index contributed by atoms with van der Waals surface area (Å²) in [6.45, 7) is 4.17. The molecule has 0 fully saturated rings. The Labute approximate surface area is 206 Å². The van der Waals surface area contributed by atoms with Crippen molar-refractivity contribution in [3.63, 3.8) is 0 Å². The second-order valence-electron chi connectivity index (χ2n) is 7.05. The Morgan fingerprint density at radius 1 is 1.11 bits per heavy atom. The normalized spacial score (nSPS) is 10.7. The van der Waals surface area contributed by atoms with Gasteiger partial charge in [0.2, 0.25) is 5.91 Å². The van der Waals surface area contributed by atoms with E-state index in [-0.39, 0.29) is 22.9 Å². The molecule has 35 heavy (non-hydrogen) atoms. The first kappa shape index (κ1) is 25.4. The number of carbonyl (C=O) groups is 2. The van der Waals surface area contributed by atoms with E-state index in [2.05, 4.69) is 5.32 Å². The van der Waals surface area contributed by atoms with Gasteiger partial charge in [-0.1, -0.05) is 18.2 Å². The summed E-state index contributed by atoms with van der Waals surface area (Å²) in [5.41, 5.74) is 1.66. The average Bonchev–Trinajstić information content (AvgIpc) is 3.27. The maximum absolute atomic E-state index is 12.7. The van der Waals surface area contributed by atoms with Crippen LogP contribution in [-0.4, -0.2) is 37.1 Å². The van der Waals surface area contributed by atoms with Crippen LogP contribution in [-0.2, 0) is 9.53 Å². The Bertz CT molecular complexity index is 1270. The van der Waals surface area contributed by atoms with Crippen LogP contribution in [0.3, 0.4) is 0 Å². The van der Waals surface area contributed by atoms with Gasteiger partial charge in [0.05, 0.1) is 25.2 Å². The van der Waals surface area contributed by atoms with Gasteiger partial charge in [-0.3, -0.25) is 14.9 Å². The molecule has 10 heteroatoms. The number of rotatable bonds is 10. The van der Waals surface area contributed by atoms with Gasteiger partial charge in [0.1, 0.15) is 10.6 Å². The van der Waals surface area contributed by atoms with Crippen LogP contribution in [0.4, 0.5) is 10.7 Å². The number of nitrogens with zero attached hydrogens (tertiary/aromatic N) is 1. The minimum absolute atomic E-state index is 0.109. The molecule has 0 unspecified atom stereocenters. The number of nitro benzene ring substituents is 1. The lowest BCUT2D eigenvalue weighted by atomic mass is 10.0. The topological polar surface area (TPSA) is 117 Å². The zero-order valence-electron chi connectivity index (χ0n) is 19.4. The number of nitrogens with one attached hydrogen (secondary N) is 1. The second-order valence-corrected chi connectivity index (χ2v) is 7.93. The van der Waals surface area contributed by atoms with Crippen LogP contribution in [0.25, 0.3) is 17.2 Å². The van der Waals surface area contributed by atoms with Gasteiger partial charge in [-0.2, -0.15) is 0 Å². The maximum Gasteiger partial charge on any atom is 0.341 e. The number of non-ortho nitro benzene ring substituents is 1. The van der Waals surface area contributed by atoms with Gasteiger partial charge in [0, 0.05) is 29.2 Å². The highest BCUT2D eigenvalue weighted by molar-refractivity contribution is 7.15. The molecule has 2 aromatic carbocycles. The summed E-state index contributed by atoms with van der Waals surface area (Å²) in [5.74, 6) is 0.0448. The standard InChI is InChI=1S/C25H24N2O7S/c1-4-33-20-11-9-16(13-21(20)32-3)10-12-22(28)26-24-23(25(29)34-5-2)19(15-35-24)17-7-6-8-18(14-17)27(30)31/h6-15H,4-5H2,1-3H3,(H,26,28). The first-order chi connectivity index (χ1) is 16.9. The van der Waals surface area contributed by atoms with Crippen molar-refractivity contribution in [3.8, 4) is 22.6 Å². The monoisotopic (exact) mass is 496 g/mol. The van der Waals surface area contributed by atoms with E-state index >= 15 is 0 Å². The molecule has 0 radical (unpaired) electrons. The van der Waals surface area contributed by atoms with Crippen molar-refractivity contribution in [3.05, 3.63) is 75.2 Å². The van der Waals surface area contributed by atoms with Gasteiger partial charge in [0.25, 0.3) is 5.69 Å². The van der Waals surface area contributed by atoms with E-state index in [1.807, 2.05) is 6.92 Å². The van der Waals surface area contributed by atoms with Crippen molar-refractivity contribution in [1.29, 1.82) is 0 Å². The molecule has 3 aromatic rings. The summed E-state index contributed by atoms with van der Waals surface area (Å²) in [7, 11) is 1.53. The van der Waals surface area contributed by atoms with E-state index in [1.54, 1.807) is 42.6 Å². The van der Waals surface area contributed by atoms with Crippen LogP contribution in [0, 0.1) is 10.1 Å². The van der Waals surface area contributed by atoms with Crippen molar-refractivity contribution in [2.45, 2.75) is 13.8 Å². The molecule has 1 heterocycles. The fraction of sp³-hybridized carbons (Fsp3) is 0.200.